The fourth-order valence-corrected chi connectivity index (χ4v) is 2.59. The molecule has 3 aromatic rings. The van der Waals surface area contributed by atoms with E-state index in [-0.39, 0.29) is 12.5 Å². The van der Waals surface area contributed by atoms with Crippen molar-refractivity contribution < 1.29 is 27.5 Å². The predicted octanol–water partition coefficient (Wildman–Crippen LogP) is 5.24. The maximum Gasteiger partial charge on any atom is 0.416 e. The van der Waals surface area contributed by atoms with Crippen LogP contribution in [0.2, 0.25) is 0 Å². The summed E-state index contributed by atoms with van der Waals surface area (Å²) in [5.74, 6) is 1.40. The first-order valence-electron chi connectivity index (χ1n) is 8.77. The number of aromatic nitrogens is 1. The Morgan fingerprint density at radius 3 is 2.62 bits per heavy atom. The van der Waals surface area contributed by atoms with Gasteiger partial charge in [-0.25, -0.2) is 10.5 Å². The molecule has 1 heterocycles. The minimum atomic E-state index is -4.39. The van der Waals surface area contributed by atoms with Gasteiger partial charge in [0.15, 0.2) is 0 Å². The number of nitrogens with one attached hydrogen (secondary N) is 1. The molecule has 0 saturated heterocycles. The average molecular weight is 404 g/mol. The van der Waals surface area contributed by atoms with E-state index in [4.69, 9.17) is 14.4 Å². The van der Waals surface area contributed by atoms with E-state index >= 15 is 0 Å². The Balaban J connectivity index is 1.69. The van der Waals surface area contributed by atoms with Crippen molar-refractivity contribution in [2.45, 2.75) is 19.7 Å². The smallest absolute Gasteiger partial charge is 0.416 e. The molecule has 0 bridgehead atoms. The quantitative estimate of drug-likeness (QED) is 0.527. The highest BCUT2D eigenvalue weighted by atomic mass is 19.4. The average Bonchev–Trinajstić information content (AvgIpc) is 3.07. The summed E-state index contributed by atoms with van der Waals surface area (Å²) in [6.45, 7) is 2.21. The number of halogens is 3. The number of rotatable bonds is 7. The molecule has 0 aliphatic heterocycles. The van der Waals surface area contributed by atoms with E-state index in [0.29, 0.717) is 29.3 Å². The third-order valence-electron chi connectivity index (χ3n) is 4.10. The van der Waals surface area contributed by atoms with Gasteiger partial charge in [-0.05, 0) is 48.9 Å². The second-order valence-electron chi connectivity index (χ2n) is 6.22. The lowest BCUT2D eigenvalue weighted by Gasteiger charge is -2.06. The molecule has 0 aliphatic carbocycles. The topological polar surface area (TPSA) is 67.5 Å². The molecule has 8 heteroatoms. The van der Waals surface area contributed by atoms with Gasteiger partial charge in [-0.15, -0.1) is 0 Å². The minimum Gasteiger partial charge on any atom is -0.487 e. The van der Waals surface area contributed by atoms with Gasteiger partial charge < -0.3 is 14.4 Å². The lowest BCUT2D eigenvalue weighted by Crippen LogP contribution is -2.04. The first kappa shape index (κ1) is 20.6. The highest BCUT2D eigenvalue weighted by molar-refractivity contribution is 5.54. The van der Waals surface area contributed by atoms with E-state index in [1.165, 1.54) is 12.1 Å². The molecular formula is C21H19F3N2O3. The minimum absolute atomic E-state index is 0.154. The lowest BCUT2D eigenvalue weighted by atomic mass is 10.1. The fourth-order valence-electron chi connectivity index (χ4n) is 2.59. The zero-order valence-electron chi connectivity index (χ0n) is 15.5. The van der Waals surface area contributed by atoms with Crippen molar-refractivity contribution in [2.24, 2.45) is 0 Å². The molecule has 3 rings (SSSR count). The van der Waals surface area contributed by atoms with Crippen LogP contribution < -0.4 is 10.2 Å². The Labute approximate surface area is 165 Å². The van der Waals surface area contributed by atoms with Gasteiger partial charge in [0, 0.05) is 12.1 Å². The van der Waals surface area contributed by atoms with Gasteiger partial charge in [0.1, 0.15) is 23.8 Å². The van der Waals surface area contributed by atoms with Crippen LogP contribution in [-0.4, -0.2) is 16.7 Å². The summed E-state index contributed by atoms with van der Waals surface area (Å²) < 4.78 is 49.4. The van der Waals surface area contributed by atoms with E-state index in [1.807, 2.05) is 29.8 Å². The van der Waals surface area contributed by atoms with Crippen LogP contribution in [0.1, 0.15) is 22.6 Å². The molecule has 5 nitrogen and oxygen atoms in total. The number of hydrogen-bond acceptors (Lipinski definition) is 5. The van der Waals surface area contributed by atoms with E-state index in [0.717, 1.165) is 17.7 Å². The van der Waals surface area contributed by atoms with Crippen molar-refractivity contribution >= 4 is 6.08 Å². The monoisotopic (exact) mass is 404 g/mol. The SMILES string of the molecule is Cc1oc(-c2ccc(C(F)(F)F)cc2)nc1COc1cccc(C=CCNO)c1. The number of oxazole rings is 1. The third-order valence-corrected chi connectivity index (χ3v) is 4.10. The maximum absolute atomic E-state index is 12.7. The number of ether oxygens (including phenoxy) is 1. The van der Waals surface area contributed by atoms with Crippen molar-refractivity contribution in [1.82, 2.24) is 10.5 Å². The molecule has 2 N–H and O–H groups in total. The molecule has 0 saturated carbocycles. The highest BCUT2D eigenvalue weighted by Gasteiger charge is 2.30. The van der Waals surface area contributed by atoms with Crippen molar-refractivity contribution in [1.29, 1.82) is 0 Å². The summed E-state index contributed by atoms with van der Waals surface area (Å²) >= 11 is 0. The number of aryl methyl sites for hydroxylation is 1. The summed E-state index contributed by atoms with van der Waals surface area (Å²) in [6, 6.07) is 12.0. The van der Waals surface area contributed by atoms with E-state index in [9.17, 15) is 13.2 Å². The van der Waals surface area contributed by atoms with Crippen molar-refractivity contribution in [2.75, 3.05) is 6.54 Å². The molecule has 1 aromatic heterocycles. The molecule has 0 unspecified atom stereocenters. The normalized spacial score (nSPS) is 11.9. The van der Waals surface area contributed by atoms with Crippen LogP contribution in [-0.2, 0) is 12.8 Å². The Morgan fingerprint density at radius 1 is 1.17 bits per heavy atom. The van der Waals surface area contributed by atoms with Crippen molar-refractivity contribution in [3.05, 3.63) is 77.2 Å². The first-order valence-corrected chi connectivity index (χ1v) is 8.77. The van der Waals surface area contributed by atoms with Crippen LogP contribution in [0, 0.1) is 6.92 Å². The zero-order valence-corrected chi connectivity index (χ0v) is 15.5. The molecular weight excluding hydrogens is 385 g/mol. The first-order chi connectivity index (χ1) is 13.9. The molecule has 0 amide bonds. The van der Waals surface area contributed by atoms with Gasteiger partial charge in [0.2, 0.25) is 5.89 Å². The summed E-state index contributed by atoms with van der Waals surface area (Å²) in [6.07, 6.45) is -0.792. The Bertz CT molecular complexity index is 980. The summed E-state index contributed by atoms with van der Waals surface area (Å²) in [5.41, 5.74) is 3.23. The molecule has 0 spiro atoms. The van der Waals surface area contributed by atoms with Crippen LogP contribution >= 0.6 is 0 Å². The third kappa shape index (κ3) is 5.46. The van der Waals surface area contributed by atoms with Crippen molar-refractivity contribution in [3.8, 4) is 17.2 Å². The zero-order chi connectivity index (χ0) is 20.9. The number of hydroxylamine groups is 1. The molecule has 0 radical (unpaired) electrons. The maximum atomic E-state index is 12.7. The molecule has 0 atom stereocenters. The van der Waals surface area contributed by atoms with Crippen molar-refractivity contribution in [3.63, 3.8) is 0 Å². The number of alkyl halides is 3. The highest BCUT2D eigenvalue weighted by Crippen LogP contribution is 2.31. The van der Waals surface area contributed by atoms with Gasteiger partial charge in [0.05, 0.1) is 5.56 Å². The lowest BCUT2D eigenvalue weighted by molar-refractivity contribution is -0.137. The number of benzene rings is 2. The van der Waals surface area contributed by atoms with E-state index in [2.05, 4.69) is 4.98 Å². The second kappa shape index (κ2) is 8.93. The van der Waals surface area contributed by atoms with Gasteiger partial charge in [-0.1, -0.05) is 24.3 Å². The molecule has 152 valence electrons. The van der Waals surface area contributed by atoms with Crippen LogP contribution in [0.5, 0.6) is 5.75 Å². The second-order valence-corrected chi connectivity index (χ2v) is 6.22. The molecule has 0 fully saturated rings. The van der Waals surface area contributed by atoms with E-state index < -0.39 is 11.7 Å². The standard InChI is InChI=1S/C21H19F3N2O3/c1-14-19(13-28-18-6-2-4-15(12-18)5-3-11-25-27)26-20(29-14)16-7-9-17(10-8-16)21(22,23)24/h2-10,12,25,27H,11,13H2,1H3. The Kier molecular flexibility index (Phi) is 6.36. The Morgan fingerprint density at radius 2 is 1.93 bits per heavy atom. The molecule has 0 aliphatic rings. The number of hydrogen-bond donors (Lipinski definition) is 2. The van der Waals surface area contributed by atoms with Crippen LogP contribution in [0.3, 0.4) is 0 Å². The van der Waals surface area contributed by atoms with Crippen LogP contribution in [0.4, 0.5) is 13.2 Å². The summed E-state index contributed by atoms with van der Waals surface area (Å²) in [4.78, 5) is 4.35. The number of nitrogens with zero attached hydrogens (tertiary/aromatic N) is 1. The van der Waals surface area contributed by atoms with E-state index in [1.54, 1.807) is 19.1 Å². The van der Waals surface area contributed by atoms with Gasteiger partial charge in [0.25, 0.3) is 0 Å². The Hall–Kier alpha value is -3.10. The van der Waals surface area contributed by atoms with Gasteiger partial charge >= 0.3 is 6.18 Å². The largest absolute Gasteiger partial charge is 0.487 e. The summed E-state index contributed by atoms with van der Waals surface area (Å²) in [7, 11) is 0. The predicted molar refractivity (Wildman–Crippen MR) is 101 cm³/mol. The molecule has 2 aromatic carbocycles. The fraction of sp³-hybridized carbons (Fsp3) is 0.190. The molecule has 29 heavy (non-hydrogen) atoms. The van der Waals surface area contributed by atoms with Gasteiger partial charge in [-0.3, -0.25) is 0 Å². The van der Waals surface area contributed by atoms with Gasteiger partial charge in [-0.2, -0.15) is 13.2 Å². The summed E-state index contributed by atoms with van der Waals surface area (Å²) in [5, 5.41) is 8.58. The van der Waals surface area contributed by atoms with Crippen LogP contribution in [0.25, 0.3) is 17.5 Å². The van der Waals surface area contributed by atoms with Crippen LogP contribution in [0.15, 0.2) is 59.0 Å².